The highest BCUT2D eigenvalue weighted by Crippen LogP contribution is 2.14. The number of benzene rings is 1. The summed E-state index contributed by atoms with van der Waals surface area (Å²) in [4.78, 5) is 21.8. The number of aliphatic imine (C=N–C) groups is 1. The van der Waals surface area contributed by atoms with Crippen LogP contribution in [0.5, 0.6) is 0 Å². The van der Waals surface area contributed by atoms with Crippen molar-refractivity contribution in [1.82, 2.24) is 20.9 Å². The first-order valence-corrected chi connectivity index (χ1v) is 9.24. The van der Waals surface area contributed by atoms with Gasteiger partial charge >= 0.3 is 0 Å². The molecule has 0 atom stereocenters. The van der Waals surface area contributed by atoms with Crippen LogP contribution in [0.4, 0.5) is 0 Å². The molecule has 0 saturated heterocycles. The molecule has 3 N–H and O–H groups in total. The molecule has 1 aromatic heterocycles. The average Bonchev–Trinajstić information content (AvgIpc) is 3.09. The number of aryl methyl sites for hydroxylation is 1. The van der Waals surface area contributed by atoms with Gasteiger partial charge in [0, 0.05) is 31.2 Å². The molecular weight excluding hydrogens is 485 g/mol. The summed E-state index contributed by atoms with van der Waals surface area (Å²) in [5.41, 5.74) is 0.474. The zero-order chi connectivity index (χ0) is 18.1. The third kappa shape index (κ3) is 7.08. The molecule has 0 bridgehead atoms. The molecule has 26 heavy (non-hydrogen) atoms. The van der Waals surface area contributed by atoms with Crippen LogP contribution in [-0.2, 0) is 13.0 Å². The maximum absolute atomic E-state index is 12.0. The normalized spacial score (nSPS) is 10.8. The van der Waals surface area contributed by atoms with E-state index in [4.69, 9.17) is 11.6 Å². The number of amides is 1. The molecule has 6 nitrogen and oxygen atoms in total. The van der Waals surface area contributed by atoms with Gasteiger partial charge in [-0.15, -0.1) is 35.3 Å². The Morgan fingerprint density at radius 3 is 2.62 bits per heavy atom. The highest BCUT2D eigenvalue weighted by molar-refractivity contribution is 14.0. The summed E-state index contributed by atoms with van der Waals surface area (Å²) >= 11 is 7.70. The van der Waals surface area contributed by atoms with E-state index in [1.165, 1.54) is 4.88 Å². The van der Waals surface area contributed by atoms with Gasteiger partial charge in [0.2, 0.25) is 0 Å². The van der Waals surface area contributed by atoms with Crippen LogP contribution in [0, 0.1) is 0 Å². The summed E-state index contributed by atoms with van der Waals surface area (Å²) in [6.45, 7) is 3.74. The lowest BCUT2D eigenvalue weighted by Gasteiger charge is -2.11. The molecule has 0 aliphatic rings. The van der Waals surface area contributed by atoms with E-state index in [1.54, 1.807) is 42.6 Å². The van der Waals surface area contributed by atoms with E-state index in [-0.39, 0.29) is 29.9 Å². The molecule has 2 aromatic rings. The van der Waals surface area contributed by atoms with Crippen LogP contribution in [0.1, 0.15) is 27.2 Å². The maximum Gasteiger partial charge on any atom is 0.252 e. The third-order valence-electron chi connectivity index (χ3n) is 3.40. The third-order valence-corrected chi connectivity index (χ3v) is 4.87. The first-order valence-electron chi connectivity index (χ1n) is 8.04. The van der Waals surface area contributed by atoms with Gasteiger partial charge in [0.25, 0.3) is 5.91 Å². The first-order chi connectivity index (χ1) is 12.1. The van der Waals surface area contributed by atoms with E-state index in [9.17, 15) is 4.79 Å². The fraction of sp³-hybridized carbons (Fsp3) is 0.353. The van der Waals surface area contributed by atoms with E-state index < -0.39 is 0 Å². The van der Waals surface area contributed by atoms with Gasteiger partial charge in [0.15, 0.2) is 5.96 Å². The van der Waals surface area contributed by atoms with Crippen molar-refractivity contribution in [2.75, 3.05) is 20.1 Å². The fourth-order valence-corrected chi connectivity index (χ4v) is 3.09. The topological polar surface area (TPSA) is 78.4 Å². The zero-order valence-corrected chi connectivity index (χ0v) is 18.6. The van der Waals surface area contributed by atoms with Crippen molar-refractivity contribution in [2.24, 2.45) is 4.99 Å². The second-order valence-electron chi connectivity index (χ2n) is 5.16. The summed E-state index contributed by atoms with van der Waals surface area (Å²) in [6.07, 6.45) is 2.90. The van der Waals surface area contributed by atoms with Gasteiger partial charge in [-0.2, -0.15) is 0 Å². The zero-order valence-electron chi connectivity index (χ0n) is 14.7. The second kappa shape index (κ2) is 12.1. The summed E-state index contributed by atoms with van der Waals surface area (Å²) in [5.74, 6) is 0.477. The molecule has 1 heterocycles. The summed E-state index contributed by atoms with van der Waals surface area (Å²) in [5, 5.41) is 10.6. The molecule has 0 fully saturated rings. The van der Waals surface area contributed by atoms with Crippen LogP contribution in [0.3, 0.4) is 0 Å². The number of carbonyl (C=O) groups is 1. The van der Waals surface area contributed by atoms with Crippen LogP contribution in [0.2, 0.25) is 5.02 Å². The van der Waals surface area contributed by atoms with Crippen LogP contribution < -0.4 is 16.0 Å². The summed E-state index contributed by atoms with van der Waals surface area (Å²) in [7, 11) is 1.71. The number of carbonyl (C=O) groups excluding carboxylic acids is 1. The number of rotatable bonds is 7. The number of guanidine groups is 1. The monoisotopic (exact) mass is 507 g/mol. The highest BCUT2D eigenvalue weighted by Gasteiger charge is 2.08. The molecule has 1 amide bonds. The van der Waals surface area contributed by atoms with E-state index in [1.807, 2.05) is 6.20 Å². The molecule has 2 rings (SSSR count). The summed E-state index contributed by atoms with van der Waals surface area (Å²) < 4.78 is 0. The Morgan fingerprint density at radius 2 is 1.96 bits per heavy atom. The van der Waals surface area contributed by atoms with Crippen LogP contribution in [-0.4, -0.2) is 37.0 Å². The Balaban J connectivity index is 0.00000338. The standard InChI is InChI=1S/C17H22ClN5OS.HI/c1-3-12-10-22-15(25-12)11-23-17(19-2)21-9-8-20-16(24)13-6-4-5-7-14(13)18;/h4-7,10H,3,8-9,11H2,1-2H3,(H,20,24)(H2,19,21,23);1H. The molecular formula is C17H23ClIN5OS. The van der Waals surface area contributed by atoms with E-state index in [0.717, 1.165) is 11.4 Å². The van der Waals surface area contributed by atoms with E-state index in [2.05, 4.69) is 32.9 Å². The minimum Gasteiger partial charge on any atom is -0.355 e. The Bertz CT molecular complexity index is 737. The van der Waals surface area contributed by atoms with Gasteiger partial charge < -0.3 is 16.0 Å². The summed E-state index contributed by atoms with van der Waals surface area (Å²) in [6, 6.07) is 6.98. The van der Waals surface area contributed by atoms with Crippen molar-refractivity contribution in [3.8, 4) is 0 Å². The van der Waals surface area contributed by atoms with Crippen LogP contribution >= 0.6 is 46.9 Å². The predicted octanol–water partition coefficient (Wildman–Crippen LogP) is 3.07. The smallest absolute Gasteiger partial charge is 0.252 e. The minimum atomic E-state index is -0.190. The van der Waals surface area contributed by atoms with Gasteiger partial charge in [0.1, 0.15) is 5.01 Å². The molecule has 9 heteroatoms. The second-order valence-corrected chi connectivity index (χ2v) is 6.77. The van der Waals surface area contributed by atoms with Gasteiger partial charge in [-0.1, -0.05) is 30.7 Å². The SMILES string of the molecule is CCc1cnc(CNC(=NC)NCCNC(=O)c2ccccc2Cl)s1.I. The van der Waals surface area contributed by atoms with Gasteiger partial charge in [-0.25, -0.2) is 4.98 Å². The van der Waals surface area contributed by atoms with Crippen molar-refractivity contribution in [3.05, 3.63) is 50.9 Å². The van der Waals surface area contributed by atoms with Crippen LogP contribution in [0.25, 0.3) is 0 Å². The van der Waals surface area contributed by atoms with Gasteiger partial charge in [-0.05, 0) is 18.6 Å². The number of thiazole rings is 1. The van der Waals surface area contributed by atoms with Crippen LogP contribution in [0.15, 0.2) is 35.5 Å². The predicted molar refractivity (Wildman–Crippen MR) is 119 cm³/mol. The lowest BCUT2D eigenvalue weighted by molar-refractivity contribution is 0.0954. The molecule has 0 spiro atoms. The number of halogens is 2. The van der Waals surface area contributed by atoms with Crippen molar-refractivity contribution >= 4 is 58.8 Å². The largest absolute Gasteiger partial charge is 0.355 e. The van der Waals surface area contributed by atoms with Crippen molar-refractivity contribution in [3.63, 3.8) is 0 Å². The molecule has 0 saturated carbocycles. The number of nitrogens with one attached hydrogen (secondary N) is 3. The lowest BCUT2D eigenvalue weighted by atomic mass is 10.2. The molecule has 0 aliphatic carbocycles. The lowest BCUT2D eigenvalue weighted by Crippen LogP contribution is -2.41. The molecule has 1 aromatic carbocycles. The average molecular weight is 508 g/mol. The maximum atomic E-state index is 12.0. The number of aromatic nitrogens is 1. The molecule has 142 valence electrons. The highest BCUT2D eigenvalue weighted by atomic mass is 127. The fourth-order valence-electron chi connectivity index (χ4n) is 2.07. The number of nitrogens with zero attached hydrogens (tertiary/aromatic N) is 2. The molecule has 0 radical (unpaired) electrons. The van der Waals surface area contributed by atoms with E-state index in [0.29, 0.717) is 36.2 Å². The van der Waals surface area contributed by atoms with Crippen molar-refractivity contribution in [2.45, 2.75) is 19.9 Å². The number of hydrogen-bond acceptors (Lipinski definition) is 4. The quantitative estimate of drug-likeness (QED) is 0.233. The van der Waals surface area contributed by atoms with Gasteiger partial charge in [-0.3, -0.25) is 9.79 Å². The Morgan fingerprint density at radius 1 is 1.23 bits per heavy atom. The Kier molecular flexibility index (Phi) is 10.5. The molecule has 0 unspecified atom stereocenters. The molecule has 0 aliphatic heterocycles. The Hall–Kier alpha value is -1.39. The Labute approximate surface area is 179 Å². The number of hydrogen-bond donors (Lipinski definition) is 3. The van der Waals surface area contributed by atoms with Crippen molar-refractivity contribution < 1.29 is 4.79 Å². The van der Waals surface area contributed by atoms with Gasteiger partial charge in [0.05, 0.1) is 17.1 Å². The minimum absolute atomic E-state index is 0. The first kappa shape index (κ1) is 22.7. The van der Waals surface area contributed by atoms with Crippen molar-refractivity contribution in [1.29, 1.82) is 0 Å². The van der Waals surface area contributed by atoms with E-state index >= 15 is 0 Å².